The standard InChI is InChI=1S/C34H60N4O9/c1-10-25-34(6)28(36-32(42)47-34)22(4)35-15-13-14-33(5,43-9)29(20(2)26(39)21(3)30(41)45-25)46-31-27(40)24(37(7)8)18-23(44-31)19-38-16-11-12-17-38/h20-25,27-29,31,35,40H,10-19H2,1-9H3,(H,36,42)/t20-,21?,22+,23?,24?,25+,27?,28+,29+,31?,33+,34+/m0/s1. The number of ketones is 1. The SMILES string of the molecule is CC[C@H]1OC(=O)C(C)C(=O)[C@H](C)[C@@H](OC2OC(CN3CCCC3)CC(N(C)C)C2O)[C@](C)(OC)CCCN[C@H](C)[C@H]2NC(=O)O[C@@]21C. The number of alkyl carbamates (subject to hydrolysis) is 1. The summed E-state index contributed by atoms with van der Waals surface area (Å²) in [6.45, 7) is 14.1. The normalized spacial score (nSPS) is 43.1. The maximum absolute atomic E-state index is 14.1. The van der Waals surface area contributed by atoms with E-state index < -0.39 is 65.7 Å². The summed E-state index contributed by atoms with van der Waals surface area (Å²) in [6.07, 6.45) is 0.172. The van der Waals surface area contributed by atoms with Crippen molar-refractivity contribution in [2.75, 3.05) is 47.4 Å². The van der Waals surface area contributed by atoms with Crippen LogP contribution < -0.4 is 10.6 Å². The Kier molecular flexibility index (Phi) is 12.7. The van der Waals surface area contributed by atoms with Gasteiger partial charge in [0.2, 0.25) is 0 Å². The van der Waals surface area contributed by atoms with Crippen LogP contribution in [0, 0.1) is 11.8 Å². The van der Waals surface area contributed by atoms with Crippen LogP contribution in [0.15, 0.2) is 0 Å². The highest BCUT2D eigenvalue weighted by Gasteiger charge is 2.55. The Labute approximate surface area is 280 Å². The minimum Gasteiger partial charge on any atom is -0.458 e. The first-order chi connectivity index (χ1) is 22.1. The zero-order valence-electron chi connectivity index (χ0n) is 30.0. The van der Waals surface area contributed by atoms with Gasteiger partial charge in [-0.05, 0) is 99.9 Å². The number of carbonyl (C=O) groups excluding carboxylic acids is 3. The number of likely N-dealkylation sites (N-methyl/N-ethyl adjacent to an activating group) is 1. The molecule has 4 saturated heterocycles. The lowest BCUT2D eigenvalue weighted by atomic mass is 9.80. The van der Waals surface area contributed by atoms with Crippen LogP contribution in [-0.2, 0) is 33.3 Å². The summed E-state index contributed by atoms with van der Waals surface area (Å²) in [4.78, 5) is 44.6. The molecule has 0 bridgehead atoms. The molecule has 4 heterocycles. The van der Waals surface area contributed by atoms with Crippen molar-refractivity contribution in [1.29, 1.82) is 0 Å². The van der Waals surface area contributed by atoms with E-state index in [0.29, 0.717) is 32.2 Å². The topological polar surface area (TPSA) is 148 Å². The molecule has 13 heteroatoms. The van der Waals surface area contributed by atoms with Crippen molar-refractivity contribution >= 4 is 17.8 Å². The maximum atomic E-state index is 14.1. The lowest BCUT2D eigenvalue weighted by molar-refractivity contribution is -0.298. The number of hydrogen-bond donors (Lipinski definition) is 3. The number of rotatable bonds is 7. The van der Waals surface area contributed by atoms with Gasteiger partial charge in [-0.1, -0.05) is 13.8 Å². The number of fused-ring (bicyclic) bond motifs is 1. The van der Waals surface area contributed by atoms with Gasteiger partial charge in [-0.25, -0.2) is 4.79 Å². The van der Waals surface area contributed by atoms with Crippen LogP contribution in [-0.4, -0.2) is 140 Å². The Bertz CT molecular complexity index is 1090. The second kappa shape index (κ2) is 15.8. The summed E-state index contributed by atoms with van der Waals surface area (Å²) in [6, 6.07) is -0.905. The third-order valence-corrected chi connectivity index (χ3v) is 11.1. The summed E-state index contributed by atoms with van der Waals surface area (Å²) in [5.74, 6) is -3.02. The fourth-order valence-electron chi connectivity index (χ4n) is 8.06. The van der Waals surface area contributed by atoms with Gasteiger partial charge in [-0.2, -0.15) is 0 Å². The van der Waals surface area contributed by atoms with Crippen molar-refractivity contribution in [3.05, 3.63) is 0 Å². The van der Waals surface area contributed by atoms with E-state index in [9.17, 15) is 19.5 Å². The number of carbonyl (C=O) groups is 3. The Morgan fingerprint density at radius 2 is 1.77 bits per heavy atom. The predicted octanol–water partition coefficient (Wildman–Crippen LogP) is 2.08. The summed E-state index contributed by atoms with van der Waals surface area (Å²) < 4.78 is 31.1. The van der Waals surface area contributed by atoms with Gasteiger partial charge in [-0.3, -0.25) is 9.59 Å². The fraction of sp³-hybridized carbons (Fsp3) is 0.912. The first-order valence-corrected chi connectivity index (χ1v) is 17.5. The summed E-state index contributed by atoms with van der Waals surface area (Å²) in [7, 11) is 5.47. The van der Waals surface area contributed by atoms with E-state index in [1.807, 2.05) is 39.8 Å². The van der Waals surface area contributed by atoms with Crippen molar-refractivity contribution in [1.82, 2.24) is 20.4 Å². The summed E-state index contributed by atoms with van der Waals surface area (Å²) >= 11 is 0. The van der Waals surface area contributed by atoms with Crippen molar-refractivity contribution in [2.45, 2.75) is 140 Å². The number of cyclic esters (lactones) is 1. The van der Waals surface area contributed by atoms with E-state index >= 15 is 0 Å². The van der Waals surface area contributed by atoms with Crippen molar-refractivity contribution < 1.29 is 43.2 Å². The highest BCUT2D eigenvalue weighted by Crippen LogP contribution is 2.37. The van der Waals surface area contributed by atoms with Crippen LogP contribution in [0.5, 0.6) is 0 Å². The minimum atomic E-state index is -1.14. The largest absolute Gasteiger partial charge is 0.458 e. The highest BCUT2D eigenvalue weighted by molar-refractivity contribution is 6.00. The number of aliphatic hydroxyl groups excluding tert-OH is 1. The zero-order valence-corrected chi connectivity index (χ0v) is 30.0. The molecule has 1 amide bonds. The number of hydrogen-bond acceptors (Lipinski definition) is 12. The number of likely N-dealkylation sites (tertiary alicyclic amines) is 1. The van der Waals surface area contributed by atoms with Crippen molar-refractivity contribution in [3.8, 4) is 0 Å². The van der Waals surface area contributed by atoms with Gasteiger partial charge in [0.05, 0.1) is 23.9 Å². The second-order valence-corrected chi connectivity index (χ2v) is 14.8. The van der Waals surface area contributed by atoms with E-state index in [2.05, 4.69) is 15.5 Å². The van der Waals surface area contributed by atoms with E-state index in [0.717, 1.165) is 32.5 Å². The van der Waals surface area contributed by atoms with E-state index in [1.54, 1.807) is 21.0 Å². The molecule has 0 saturated carbocycles. The van der Waals surface area contributed by atoms with Gasteiger partial charge in [0.1, 0.15) is 18.1 Å². The lowest BCUT2D eigenvalue weighted by Gasteiger charge is -2.47. The van der Waals surface area contributed by atoms with Crippen LogP contribution >= 0.6 is 0 Å². The molecule has 0 aliphatic carbocycles. The molecule has 13 nitrogen and oxygen atoms in total. The predicted molar refractivity (Wildman–Crippen MR) is 175 cm³/mol. The molecule has 0 radical (unpaired) electrons. The fourth-order valence-corrected chi connectivity index (χ4v) is 8.06. The third kappa shape index (κ3) is 8.30. The molecule has 4 aliphatic rings. The summed E-state index contributed by atoms with van der Waals surface area (Å²) in [5.41, 5.74) is -2.12. The van der Waals surface area contributed by atoms with Crippen LogP contribution in [0.2, 0.25) is 0 Å². The molecule has 4 aliphatic heterocycles. The van der Waals surface area contributed by atoms with Crippen molar-refractivity contribution in [3.63, 3.8) is 0 Å². The van der Waals surface area contributed by atoms with Crippen LogP contribution in [0.4, 0.5) is 4.79 Å². The first kappa shape index (κ1) is 37.9. The van der Waals surface area contributed by atoms with E-state index in [-0.39, 0.29) is 24.0 Å². The summed E-state index contributed by atoms with van der Waals surface area (Å²) in [5, 5.41) is 18.0. The average Bonchev–Trinajstić information content (AvgIpc) is 3.66. The van der Waals surface area contributed by atoms with Gasteiger partial charge >= 0.3 is 12.1 Å². The van der Waals surface area contributed by atoms with Crippen LogP contribution in [0.25, 0.3) is 0 Å². The molecule has 0 spiro atoms. The van der Waals surface area contributed by atoms with Gasteiger partial charge in [0.15, 0.2) is 17.7 Å². The van der Waals surface area contributed by atoms with E-state index in [4.69, 9.17) is 23.7 Å². The molecule has 5 unspecified atom stereocenters. The lowest BCUT2D eigenvalue weighted by Crippen LogP contribution is -2.60. The molecule has 3 N–H and O–H groups in total. The number of nitrogens with zero attached hydrogens (tertiary/aromatic N) is 2. The number of amides is 1. The highest BCUT2D eigenvalue weighted by atomic mass is 16.7. The molecular weight excluding hydrogens is 608 g/mol. The number of aliphatic hydroxyl groups is 1. The smallest absolute Gasteiger partial charge is 0.408 e. The Morgan fingerprint density at radius 1 is 1.09 bits per heavy atom. The van der Waals surface area contributed by atoms with E-state index in [1.165, 1.54) is 6.92 Å². The second-order valence-electron chi connectivity index (χ2n) is 14.8. The number of ether oxygens (including phenoxy) is 5. The van der Waals surface area contributed by atoms with Gasteiger partial charge < -0.3 is 49.2 Å². The number of nitrogens with one attached hydrogen (secondary N) is 2. The number of Topliss-reactive ketones (excluding diaryl/α,β-unsaturated/α-hetero) is 1. The number of methoxy groups -OCH3 is 1. The zero-order chi connectivity index (χ0) is 34.7. The molecule has 12 atom stereocenters. The van der Waals surface area contributed by atoms with Crippen molar-refractivity contribution in [2.24, 2.45) is 11.8 Å². The van der Waals surface area contributed by atoms with Crippen LogP contribution in [0.3, 0.4) is 0 Å². The maximum Gasteiger partial charge on any atom is 0.408 e. The molecule has 47 heavy (non-hydrogen) atoms. The van der Waals surface area contributed by atoms with Gasteiger partial charge in [-0.15, -0.1) is 0 Å². The molecular formula is C34H60N4O9. The Hall–Kier alpha value is -1.87. The first-order valence-electron chi connectivity index (χ1n) is 17.5. The average molecular weight is 669 g/mol. The molecule has 0 aromatic carbocycles. The third-order valence-electron chi connectivity index (χ3n) is 11.1. The molecule has 4 fully saturated rings. The van der Waals surface area contributed by atoms with Crippen LogP contribution in [0.1, 0.15) is 80.1 Å². The molecule has 0 aromatic heterocycles. The molecule has 270 valence electrons. The van der Waals surface area contributed by atoms with Gasteiger partial charge in [0.25, 0.3) is 0 Å². The quantitative estimate of drug-likeness (QED) is 0.270. The Morgan fingerprint density at radius 3 is 2.38 bits per heavy atom. The molecule has 0 aromatic rings. The van der Waals surface area contributed by atoms with Gasteiger partial charge in [0, 0.05) is 31.7 Å². The number of esters is 1. The monoisotopic (exact) mass is 668 g/mol. The Balaban J connectivity index is 1.64. The minimum absolute atomic E-state index is 0.162. The molecule has 4 rings (SSSR count).